The number of urea groups is 1. The molecule has 0 spiro atoms. The summed E-state index contributed by atoms with van der Waals surface area (Å²) >= 11 is 29.5. The number of hydrogen-bond donors (Lipinski definition) is 2. The van der Waals surface area contributed by atoms with E-state index in [4.69, 9.17) is 58.0 Å². The van der Waals surface area contributed by atoms with E-state index in [2.05, 4.69) is 10.6 Å². The second kappa shape index (κ2) is 7.60. The summed E-state index contributed by atoms with van der Waals surface area (Å²) < 4.78 is 0. The molecule has 0 aliphatic rings. The zero-order chi connectivity index (χ0) is 17.1. The van der Waals surface area contributed by atoms with Gasteiger partial charge in [0.2, 0.25) is 0 Å². The van der Waals surface area contributed by atoms with Crippen LogP contribution in [0.5, 0.6) is 0 Å². The first-order chi connectivity index (χ1) is 10.8. The SMILES string of the molecule is O=C(NC(=O)c1c(Cl)cccc1Cl)Nc1c(Cl)cc(Cl)cc1Cl. The minimum Gasteiger partial charge on any atom is -0.305 e. The second-order valence-corrected chi connectivity index (χ2v) is 6.31. The third kappa shape index (κ3) is 4.43. The van der Waals surface area contributed by atoms with Gasteiger partial charge in [0.1, 0.15) is 0 Å². The van der Waals surface area contributed by atoms with Crippen molar-refractivity contribution in [2.24, 2.45) is 0 Å². The summed E-state index contributed by atoms with van der Waals surface area (Å²) in [6.07, 6.45) is 0. The number of carbonyl (C=O) groups excluding carboxylic acids is 2. The topological polar surface area (TPSA) is 58.2 Å². The molecule has 2 aromatic carbocycles. The van der Waals surface area contributed by atoms with Crippen LogP contribution in [0.1, 0.15) is 10.4 Å². The molecule has 0 saturated carbocycles. The summed E-state index contributed by atoms with van der Waals surface area (Å²) in [7, 11) is 0. The van der Waals surface area contributed by atoms with Gasteiger partial charge in [-0.05, 0) is 24.3 Å². The Balaban J connectivity index is 2.16. The van der Waals surface area contributed by atoms with E-state index in [0.717, 1.165) is 0 Å². The van der Waals surface area contributed by atoms with Gasteiger partial charge in [0, 0.05) is 5.02 Å². The van der Waals surface area contributed by atoms with Crippen molar-refractivity contribution in [3.05, 3.63) is 61.0 Å². The Bertz CT molecular complexity index is 751. The van der Waals surface area contributed by atoms with Crippen LogP contribution in [-0.2, 0) is 0 Å². The maximum Gasteiger partial charge on any atom is 0.326 e. The van der Waals surface area contributed by atoms with Crippen molar-refractivity contribution >= 4 is 75.6 Å². The Morgan fingerprint density at radius 2 is 1.35 bits per heavy atom. The number of hydrogen-bond acceptors (Lipinski definition) is 2. The standard InChI is InChI=1S/C14H7Cl5N2O2/c15-6-4-9(18)12(10(19)5-6)20-14(23)21-13(22)11-7(16)2-1-3-8(11)17/h1-5H,(H2,20,21,22,23). The lowest BCUT2D eigenvalue weighted by molar-refractivity contribution is 0.0967. The van der Waals surface area contributed by atoms with Crippen molar-refractivity contribution in [3.63, 3.8) is 0 Å². The molecule has 0 aliphatic heterocycles. The van der Waals surface area contributed by atoms with Crippen LogP contribution in [0.4, 0.5) is 10.5 Å². The Morgan fingerprint density at radius 3 is 1.87 bits per heavy atom. The third-order valence-corrected chi connectivity index (χ3v) is 4.11. The van der Waals surface area contributed by atoms with E-state index >= 15 is 0 Å². The summed E-state index contributed by atoms with van der Waals surface area (Å²) in [6.45, 7) is 0. The van der Waals surface area contributed by atoms with Crippen LogP contribution in [-0.4, -0.2) is 11.9 Å². The summed E-state index contributed by atoms with van der Waals surface area (Å²) in [5, 5.41) is 5.25. The van der Waals surface area contributed by atoms with Gasteiger partial charge in [-0.15, -0.1) is 0 Å². The van der Waals surface area contributed by atoms with E-state index in [-0.39, 0.29) is 31.3 Å². The van der Waals surface area contributed by atoms with Gasteiger partial charge in [0.15, 0.2) is 0 Å². The summed E-state index contributed by atoms with van der Waals surface area (Å²) in [6, 6.07) is 6.49. The van der Waals surface area contributed by atoms with Gasteiger partial charge < -0.3 is 5.32 Å². The number of imide groups is 1. The molecule has 0 unspecified atom stereocenters. The molecule has 2 N–H and O–H groups in total. The number of halogens is 5. The Morgan fingerprint density at radius 1 is 0.826 bits per heavy atom. The fourth-order valence-corrected chi connectivity index (χ4v) is 3.17. The van der Waals surface area contributed by atoms with Crippen molar-refractivity contribution in [1.29, 1.82) is 0 Å². The number of nitrogens with one attached hydrogen (secondary N) is 2. The van der Waals surface area contributed by atoms with Crippen molar-refractivity contribution < 1.29 is 9.59 Å². The minimum absolute atomic E-state index is 0.0146. The van der Waals surface area contributed by atoms with E-state index in [9.17, 15) is 9.59 Å². The van der Waals surface area contributed by atoms with Gasteiger partial charge in [-0.25, -0.2) is 4.79 Å². The van der Waals surface area contributed by atoms with Crippen LogP contribution in [0.25, 0.3) is 0 Å². The fraction of sp³-hybridized carbons (Fsp3) is 0. The zero-order valence-corrected chi connectivity index (χ0v) is 14.9. The number of amides is 3. The van der Waals surface area contributed by atoms with Crippen LogP contribution >= 0.6 is 58.0 Å². The average Bonchev–Trinajstić information content (AvgIpc) is 2.42. The Labute approximate surface area is 156 Å². The van der Waals surface area contributed by atoms with Gasteiger partial charge in [-0.2, -0.15) is 0 Å². The van der Waals surface area contributed by atoms with Crippen molar-refractivity contribution in [3.8, 4) is 0 Å². The van der Waals surface area contributed by atoms with E-state index in [1.165, 1.54) is 24.3 Å². The lowest BCUT2D eigenvalue weighted by Crippen LogP contribution is -2.34. The van der Waals surface area contributed by atoms with E-state index in [0.29, 0.717) is 5.02 Å². The van der Waals surface area contributed by atoms with E-state index < -0.39 is 11.9 Å². The summed E-state index contributed by atoms with van der Waals surface area (Å²) in [5.41, 5.74) is 0.104. The summed E-state index contributed by atoms with van der Waals surface area (Å²) in [4.78, 5) is 24.0. The first-order valence-electron chi connectivity index (χ1n) is 6.00. The van der Waals surface area contributed by atoms with Crippen molar-refractivity contribution in [2.75, 3.05) is 5.32 Å². The zero-order valence-electron chi connectivity index (χ0n) is 11.1. The average molecular weight is 412 g/mol. The van der Waals surface area contributed by atoms with Crippen LogP contribution in [0.15, 0.2) is 30.3 Å². The highest BCUT2D eigenvalue weighted by atomic mass is 35.5. The number of anilines is 1. The number of carbonyl (C=O) groups is 2. The molecule has 0 saturated heterocycles. The van der Waals surface area contributed by atoms with Crippen LogP contribution in [0.3, 0.4) is 0 Å². The van der Waals surface area contributed by atoms with Gasteiger partial charge in [0.05, 0.1) is 31.3 Å². The molecule has 2 rings (SSSR count). The van der Waals surface area contributed by atoms with Crippen molar-refractivity contribution in [1.82, 2.24) is 5.32 Å². The lowest BCUT2D eigenvalue weighted by atomic mass is 10.2. The fourth-order valence-electron chi connectivity index (χ4n) is 1.69. The van der Waals surface area contributed by atoms with Gasteiger partial charge >= 0.3 is 6.03 Å². The van der Waals surface area contributed by atoms with E-state index in [1.54, 1.807) is 6.07 Å². The lowest BCUT2D eigenvalue weighted by Gasteiger charge is -2.11. The molecule has 0 bridgehead atoms. The predicted octanol–water partition coefficient (Wildman–Crippen LogP) is 5.92. The monoisotopic (exact) mass is 410 g/mol. The molecule has 0 aliphatic carbocycles. The number of benzene rings is 2. The first-order valence-corrected chi connectivity index (χ1v) is 7.89. The molecule has 0 fully saturated rings. The van der Waals surface area contributed by atoms with Crippen LogP contribution in [0, 0.1) is 0 Å². The Hall–Kier alpha value is -1.17. The third-order valence-electron chi connectivity index (χ3n) is 2.66. The molecule has 4 nitrogen and oxygen atoms in total. The molecule has 0 radical (unpaired) electrons. The van der Waals surface area contributed by atoms with Gasteiger partial charge in [0.25, 0.3) is 5.91 Å². The highest BCUT2D eigenvalue weighted by Gasteiger charge is 2.18. The molecular formula is C14H7Cl5N2O2. The van der Waals surface area contributed by atoms with Crippen LogP contribution in [0.2, 0.25) is 25.1 Å². The highest BCUT2D eigenvalue weighted by Crippen LogP contribution is 2.33. The molecule has 0 atom stereocenters. The normalized spacial score (nSPS) is 10.3. The van der Waals surface area contributed by atoms with Gasteiger partial charge in [-0.1, -0.05) is 64.1 Å². The Kier molecular flexibility index (Phi) is 6.00. The molecule has 0 heterocycles. The van der Waals surface area contributed by atoms with Gasteiger partial charge in [-0.3, -0.25) is 10.1 Å². The van der Waals surface area contributed by atoms with Crippen LogP contribution < -0.4 is 10.6 Å². The molecule has 0 aromatic heterocycles. The first kappa shape index (κ1) is 18.2. The quantitative estimate of drug-likeness (QED) is 0.644. The maximum atomic E-state index is 12.1. The molecule has 9 heteroatoms. The van der Waals surface area contributed by atoms with E-state index in [1.807, 2.05) is 0 Å². The second-order valence-electron chi connectivity index (χ2n) is 4.25. The maximum absolute atomic E-state index is 12.1. The number of rotatable bonds is 2. The van der Waals surface area contributed by atoms with Crippen molar-refractivity contribution in [2.45, 2.75) is 0 Å². The largest absolute Gasteiger partial charge is 0.326 e. The predicted molar refractivity (Wildman–Crippen MR) is 94.4 cm³/mol. The molecular weight excluding hydrogens is 405 g/mol. The summed E-state index contributed by atoms with van der Waals surface area (Å²) in [5.74, 6) is -0.765. The highest BCUT2D eigenvalue weighted by molar-refractivity contribution is 6.42. The molecule has 23 heavy (non-hydrogen) atoms. The minimum atomic E-state index is -0.850. The molecule has 2 aromatic rings. The molecule has 120 valence electrons. The smallest absolute Gasteiger partial charge is 0.305 e. The molecule has 3 amide bonds.